The first-order chi connectivity index (χ1) is 15.0. The van der Waals surface area contributed by atoms with Crippen molar-refractivity contribution in [1.82, 2.24) is 19.5 Å². The van der Waals surface area contributed by atoms with Crippen molar-refractivity contribution < 1.29 is 9.90 Å². The number of pyridine rings is 1. The minimum Gasteiger partial charge on any atom is -0.463 e. The molecule has 2 N–H and O–H groups in total. The number of hydrogen-bond donors (Lipinski definition) is 2. The molecule has 1 fully saturated rings. The number of benzene rings is 2. The Balaban J connectivity index is 1.63. The Bertz CT molecular complexity index is 1340. The molecule has 1 saturated heterocycles. The fraction of sp³-hybridized carbons (Fsp3) is 0.227. The normalized spacial score (nSPS) is 14.5. The number of halogens is 1. The van der Waals surface area contributed by atoms with Crippen LogP contribution in [0, 0.1) is 0 Å². The standard InChI is InChI=1S/C22H20ClN5O3/c23-20-18-19(16-5-1-2-6-17(16)24-20)28(21(29)25-18)27(22(30)31)15-9-7-14(8-10-15)13-26-11-3-4-12-26/h1-2,5-10H,3-4,11-13H2,(H,25,29)(H,30,31). The van der Waals surface area contributed by atoms with E-state index in [1.165, 1.54) is 12.8 Å². The van der Waals surface area contributed by atoms with Crippen LogP contribution < -0.4 is 10.7 Å². The van der Waals surface area contributed by atoms with Crippen molar-refractivity contribution >= 4 is 45.3 Å². The highest BCUT2D eigenvalue weighted by atomic mass is 35.5. The lowest BCUT2D eigenvalue weighted by molar-refractivity contribution is 0.199. The smallest absolute Gasteiger partial charge is 0.431 e. The Kier molecular flexibility index (Phi) is 4.88. The van der Waals surface area contributed by atoms with Gasteiger partial charge in [-0.25, -0.2) is 14.6 Å². The van der Waals surface area contributed by atoms with Crippen LogP contribution in [0.4, 0.5) is 10.5 Å². The first-order valence-corrected chi connectivity index (χ1v) is 10.4. The number of carboxylic acid groups (broad SMARTS) is 1. The van der Waals surface area contributed by atoms with E-state index in [2.05, 4.69) is 14.9 Å². The Morgan fingerprint density at radius 2 is 1.84 bits per heavy atom. The number of aromatic amines is 1. The number of nitrogens with one attached hydrogen (secondary N) is 1. The number of para-hydroxylation sites is 1. The molecule has 0 atom stereocenters. The van der Waals surface area contributed by atoms with Crippen molar-refractivity contribution in [3.8, 4) is 0 Å². The minimum absolute atomic E-state index is 0.107. The van der Waals surface area contributed by atoms with Crippen molar-refractivity contribution in [2.24, 2.45) is 0 Å². The lowest BCUT2D eigenvalue weighted by atomic mass is 10.2. The molecule has 1 amide bonds. The third-order valence-electron chi connectivity index (χ3n) is 5.62. The number of nitrogens with zero attached hydrogens (tertiary/aromatic N) is 4. The predicted molar refractivity (Wildman–Crippen MR) is 120 cm³/mol. The molecule has 0 aliphatic carbocycles. The number of aromatic nitrogens is 3. The summed E-state index contributed by atoms with van der Waals surface area (Å²) in [7, 11) is 0. The first-order valence-electron chi connectivity index (χ1n) is 10.1. The van der Waals surface area contributed by atoms with Gasteiger partial charge in [-0.15, -0.1) is 0 Å². The van der Waals surface area contributed by atoms with Crippen molar-refractivity contribution in [2.75, 3.05) is 18.1 Å². The molecule has 2 aromatic carbocycles. The Labute approximate surface area is 182 Å². The highest BCUT2D eigenvalue weighted by molar-refractivity contribution is 6.35. The van der Waals surface area contributed by atoms with E-state index in [4.69, 9.17) is 11.6 Å². The molecule has 4 aromatic rings. The Morgan fingerprint density at radius 1 is 1.13 bits per heavy atom. The van der Waals surface area contributed by atoms with Gasteiger partial charge in [0.05, 0.1) is 11.2 Å². The largest absolute Gasteiger partial charge is 0.463 e. The molecule has 3 heterocycles. The second-order valence-corrected chi connectivity index (χ2v) is 7.99. The van der Waals surface area contributed by atoms with E-state index in [1.54, 1.807) is 36.4 Å². The van der Waals surface area contributed by atoms with Crippen LogP contribution in [0.2, 0.25) is 5.15 Å². The first kappa shape index (κ1) is 19.6. The predicted octanol–water partition coefficient (Wildman–Crippen LogP) is 4.07. The van der Waals surface area contributed by atoms with E-state index < -0.39 is 11.8 Å². The van der Waals surface area contributed by atoms with Crippen LogP contribution in [-0.4, -0.2) is 43.8 Å². The highest BCUT2D eigenvalue weighted by Gasteiger charge is 2.25. The second-order valence-electron chi connectivity index (χ2n) is 7.63. The van der Waals surface area contributed by atoms with Crippen LogP contribution in [-0.2, 0) is 6.54 Å². The van der Waals surface area contributed by atoms with Gasteiger partial charge in [0.1, 0.15) is 11.0 Å². The molecule has 0 radical (unpaired) electrons. The van der Waals surface area contributed by atoms with Crippen LogP contribution in [0.3, 0.4) is 0 Å². The van der Waals surface area contributed by atoms with Gasteiger partial charge in [0.2, 0.25) is 0 Å². The van der Waals surface area contributed by atoms with Gasteiger partial charge in [-0.05, 0) is 49.7 Å². The average molecular weight is 438 g/mol. The van der Waals surface area contributed by atoms with Gasteiger partial charge in [-0.2, -0.15) is 9.69 Å². The molecule has 5 rings (SSSR count). The Hall–Kier alpha value is -3.36. The molecular formula is C22H20ClN5O3. The molecule has 31 heavy (non-hydrogen) atoms. The van der Waals surface area contributed by atoms with E-state index in [-0.39, 0.29) is 5.15 Å². The number of anilines is 1. The molecule has 1 aliphatic rings. The number of H-pyrrole nitrogens is 1. The molecular weight excluding hydrogens is 418 g/mol. The van der Waals surface area contributed by atoms with Gasteiger partial charge >= 0.3 is 11.8 Å². The number of rotatable bonds is 4. The summed E-state index contributed by atoms with van der Waals surface area (Å²) in [6.07, 6.45) is 1.13. The SMILES string of the molecule is O=C(O)N(c1ccc(CN2CCCC2)cc1)n1c(=O)[nH]c2c(Cl)nc3ccccc3c21. The van der Waals surface area contributed by atoms with Gasteiger partial charge < -0.3 is 10.1 Å². The molecule has 9 heteroatoms. The zero-order valence-corrected chi connectivity index (χ0v) is 17.3. The molecule has 0 saturated carbocycles. The topological polar surface area (TPSA) is 94.5 Å². The van der Waals surface area contributed by atoms with Crippen LogP contribution in [0.5, 0.6) is 0 Å². The van der Waals surface area contributed by atoms with Crippen molar-refractivity contribution in [1.29, 1.82) is 0 Å². The summed E-state index contributed by atoms with van der Waals surface area (Å²) in [5.41, 5.74) is 2.07. The quantitative estimate of drug-likeness (QED) is 0.469. The third kappa shape index (κ3) is 3.43. The lowest BCUT2D eigenvalue weighted by Crippen LogP contribution is -2.41. The summed E-state index contributed by atoms with van der Waals surface area (Å²) in [5.74, 6) is 0. The van der Waals surface area contributed by atoms with Crippen molar-refractivity contribution in [3.05, 3.63) is 69.7 Å². The van der Waals surface area contributed by atoms with Gasteiger partial charge in [-0.1, -0.05) is 41.9 Å². The van der Waals surface area contributed by atoms with Gasteiger partial charge in [-0.3, -0.25) is 4.90 Å². The van der Waals surface area contributed by atoms with E-state index in [9.17, 15) is 14.7 Å². The second kappa shape index (κ2) is 7.72. The average Bonchev–Trinajstić information content (AvgIpc) is 3.38. The number of amides is 1. The number of likely N-dealkylation sites (tertiary alicyclic amines) is 1. The molecule has 1 aliphatic heterocycles. The van der Waals surface area contributed by atoms with Gasteiger partial charge in [0, 0.05) is 11.9 Å². The number of hydrogen-bond acceptors (Lipinski definition) is 4. The monoisotopic (exact) mass is 437 g/mol. The molecule has 0 bridgehead atoms. The maximum Gasteiger partial charge on any atom is 0.431 e. The van der Waals surface area contributed by atoms with Crippen LogP contribution in [0.1, 0.15) is 18.4 Å². The van der Waals surface area contributed by atoms with E-state index in [0.717, 1.165) is 34.9 Å². The minimum atomic E-state index is -1.28. The van der Waals surface area contributed by atoms with E-state index >= 15 is 0 Å². The van der Waals surface area contributed by atoms with Gasteiger partial charge in [0.15, 0.2) is 5.15 Å². The van der Waals surface area contributed by atoms with Crippen LogP contribution in [0.25, 0.3) is 21.9 Å². The van der Waals surface area contributed by atoms with Crippen molar-refractivity contribution in [2.45, 2.75) is 19.4 Å². The summed E-state index contributed by atoms with van der Waals surface area (Å²) in [6, 6.07) is 14.4. The summed E-state index contributed by atoms with van der Waals surface area (Å²) < 4.78 is 1.10. The number of fused-ring (bicyclic) bond motifs is 3. The molecule has 0 spiro atoms. The lowest BCUT2D eigenvalue weighted by Gasteiger charge is -2.21. The maximum atomic E-state index is 12.9. The number of imidazole rings is 1. The highest BCUT2D eigenvalue weighted by Crippen LogP contribution is 2.29. The van der Waals surface area contributed by atoms with Gasteiger partial charge in [0.25, 0.3) is 0 Å². The van der Waals surface area contributed by atoms with Crippen LogP contribution >= 0.6 is 11.6 Å². The fourth-order valence-corrected chi connectivity index (χ4v) is 4.43. The summed E-state index contributed by atoms with van der Waals surface area (Å²) in [4.78, 5) is 34.5. The number of carbonyl (C=O) groups is 1. The molecule has 8 nitrogen and oxygen atoms in total. The fourth-order valence-electron chi connectivity index (χ4n) is 4.20. The molecule has 2 aromatic heterocycles. The van der Waals surface area contributed by atoms with Crippen molar-refractivity contribution in [3.63, 3.8) is 0 Å². The third-order valence-corrected chi connectivity index (χ3v) is 5.90. The summed E-state index contributed by atoms with van der Waals surface area (Å²) >= 11 is 6.29. The Morgan fingerprint density at radius 3 is 2.55 bits per heavy atom. The summed E-state index contributed by atoms with van der Waals surface area (Å²) in [5, 5.41) is 11.7. The zero-order valence-electron chi connectivity index (χ0n) is 16.6. The zero-order chi connectivity index (χ0) is 21.5. The molecule has 0 unspecified atom stereocenters. The maximum absolute atomic E-state index is 12.9. The molecule has 158 valence electrons. The summed E-state index contributed by atoms with van der Waals surface area (Å²) in [6.45, 7) is 2.98. The van der Waals surface area contributed by atoms with E-state index in [1.807, 2.05) is 12.1 Å². The van der Waals surface area contributed by atoms with Crippen LogP contribution in [0.15, 0.2) is 53.3 Å². The van der Waals surface area contributed by atoms with E-state index in [0.29, 0.717) is 27.6 Å².